The second kappa shape index (κ2) is 4.08. The smallest absolute Gasteiger partial charge is 0.101 e. The predicted octanol–water partition coefficient (Wildman–Crippen LogP) is 3.57. The average molecular weight is 306 g/mol. The number of para-hydroxylation sites is 1. The van der Waals surface area contributed by atoms with Crippen LogP contribution < -0.4 is 0 Å². The zero-order valence-corrected chi connectivity index (χ0v) is 13.7. The molecule has 7 rings (SSSR count). The molecule has 6 heterocycles. The summed E-state index contributed by atoms with van der Waals surface area (Å²) in [6.45, 7) is 4.29. The molecule has 4 saturated heterocycles. The lowest BCUT2D eigenvalue weighted by molar-refractivity contribution is -0.0346. The molecule has 1 aromatic heterocycles. The van der Waals surface area contributed by atoms with E-state index in [1.54, 1.807) is 5.57 Å². The second-order valence-corrected chi connectivity index (χ2v) is 7.68. The van der Waals surface area contributed by atoms with E-state index in [0.29, 0.717) is 18.0 Å². The topological polar surface area (TPSA) is 17.4 Å². The Kier molecular flexibility index (Phi) is 2.27. The Morgan fingerprint density at radius 1 is 1.26 bits per heavy atom. The van der Waals surface area contributed by atoms with E-state index >= 15 is 0 Å². The van der Waals surface area contributed by atoms with Crippen molar-refractivity contribution < 1.29 is 4.74 Å². The van der Waals surface area contributed by atoms with Crippen LogP contribution in [0.4, 0.5) is 0 Å². The third kappa shape index (κ3) is 1.32. The summed E-state index contributed by atoms with van der Waals surface area (Å²) in [5.74, 6) is 1.43. The summed E-state index contributed by atoms with van der Waals surface area (Å²) in [5.41, 5.74) is 6.03. The first-order chi connectivity index (χ1) is 11.3. The van der Waals surface area contributed by atoms with Gasteiger partial charge in [0.25, 0.3) is 0 Å². The number of allylic oxidation sites excluding steroid dienone is 1. The number of aromatic nitrogens is 1. The number of benzene rings is 1. The molecule has 5 aliphatic heterocycles. The molecule has 3 nitrogen and oxygen atoms in total. The normalized spacial score (nSPS) is 41.7. The van der Waals surface area contributed by atoms with Crippen molar-refractivity contribution in [1.29, 1.82) is 0 Å². The highest BCUT2D eigenvalue weighted by Crippen LogP contribution is 2.61. The Morgan fingerprint density at radius 3 is 3.00 bits per heavy atom. The molecule has 0 amide bonds. The molecule has 0 spiro atoms. The van der Waals surface area contributed by atoms with E-state index in [-0.39, 0.29) is 6.10 Å². The first-order valence-electron chi connectivity index (χ1n) is 8.89. The van der Waals surface area contributed by atoms with Crippen LogP contribution in [0.1, 0.15) is 36.7 Å². The molecule has 6 atom stereocenters. The van der Waals surface area contributed by atoms with Gasteiger partial charge >= 0.3 is 0 Å². The van der Waals surface area contributed by atoms with Gasteiger partial charge in [-0.1, -0.05) is 29.8 Å². The summed E-state index contributed by atoms with van der Waals surface area (Å²) in [6.07, 6.45) is 3.91. The SMILES string of the molecule is C/C=C1/CN2[C@@H]3[C@H]4CO[C@@H]3c3c(n(C)c5ccccc35)[C@@H]2C[C@@H]14. The van der Waals surface area contributed by atoms with E-state index in [2.05, 4.69) is 53.8 Å². The van der Waals surface area contributed by atoms with Crippen molar-refractivity contribution in [3.63, 3.8) is 0 Å². The molecule has 2 aromatic rings. The third-order valence-electron chi connectivity index (χ3n) is 7.00. The molecule has 0 saturated carbocycles. The lowest BCUT2D eigenvalue weighted by Gasteiger charge is -2.57. The molecule has 0 radical (unpaired) electrons. The zero-order chi connectivity index (χ0) is 15.3. The molecule has 5 aliphatic rings. The van der Waals surface area contributed by atoms with E-state index in [1.165, 1.54) is 28.6 Å². The lowest BCUT2D eigenvalue weighted by Crippen LogP contribution is -2.59. The van der Waals surface area contributed by atoms with Gasteiger partial charge in [-0.15, -0.1) is 0 Å². The molecule has 1 unspecified atom stereocenters. The minimum absolute atomic E-state index is 0.276. The summed E-state index contributed by atoms with van der Waals surface area (Å²) >= 11 is 0. The molecular weight excluding hydrogens is 284 g/mol. The number of rotatable bonds is 0. The zero-order valence-electron chi connectivity index (χ0n) is 13.7. The van der Waals surface area contributed by atoms with Crippen molar-refractivity contribution in [2.45, 2.75) is 31.5 Å². The van der Waals surface area contributed by atoms with E-state index in [1.807, 2.05) is 0 Å². The van der Waals surface area contributed by atoms with Gasteiger partial charge in [-0.25, -0.2) is 0 Å². The van der Waals surface area contributed by atoms with Gasteiger partial charge in [-0.3, -0.25) is 4.90 Å². The minimum Gasteiger partial charge on any atom is -0.371 e. The number of fused-ring (bicyclic) bond motifs is 5. The first-order valence-corrected chi connectivity index (χ1v) is 8.89. The van der Waals surface area contributed by atoms with Crippen molar-refractivity contribution in [3.05, 3.63) is 47.2 Å². The van der Waals surface area contributed by atoms with E-state index in [0.717, 1.165) is 19.1 Å². The number of hydrogen-bond acceptors (Lipinski definition) is 2. The Morgan fingerprint density at radius 2 is 2.13 bits per heavy atom. The maximum Gasteiger partial charge on any atom is 0.101 e. The van der Waals surface area contributed by atoms with Crippen molar-refractivity contribution in [2.24, 2.45) is 18.9 Å². The van der Waals surface area contributed by atoms with Crippen molar-refractivity contribution in [3.8, 4) is 0 Å². The average Bonchev–Trinajstić information content (AvgIpc) is 3.17. The summed E-state index contributed by atoms with van der Waals surface area (Å²) in [7, 11) is 2.24. The van der Waals surface area contributed by atoms with Crippen LogP contribution in [0.2, 0.25) is 0 Å². The molecular formula is C20H22N2O. The van der Waals surface area contributed by atoms with Crippen LogP contribution in [0.25, 0.3) is 10.9 Å². The maximum atomic E-state index is 6.43. The van der Waals surface area contributed by atoms with E-state index in [9.17, 15) is 0 Å². The van der Waals surface area contributed by atoms with Crippen LogP contribution in [0, 0.1) is 11.8 Å². The minimum atomic E-state index is 0.276. The van der Waals surface area contributed by atoms with Gasteiger partial charge in [0, 0.05) is 47.7 Å². The van der Waals surface area contributed by atoms with Gasteiger partial charge in [0.05, 0.1) is 12.6 Å². The number of aryl methyl sites for hydroxylation is 1. The Labute approximate surface area is 136 Å². The van der Waals surface area contributed by atoms with Gasteiger partial charge in [-0.2, -0.15) is 0 Å². The quantitative estimate of drug-likeness (QED) is 0.692. The fourth-order valence-electron chi connectivity index (χ4n) is 6.11. The monoisotopic (exact) mass is 306 g/mol. The molecule has 0 aliphatic carbocycles. The summed E-state index contributed by atoms with van der Waals surface area (Å²) in [5, 5.41) is 1.41. The highest BCUT2D eigenvalue weighted by molar-refractivity contribution is 5.86. The molecule has 4 bridgehead atoms. The molecule has 4 fully saturated rings. The predicted molar refractivity (Wildman–Crippen MR) is 90.2 cm³/mol. The van der Waals surface area contributed by atoms with Gasteiger partial charge in [0.1, 0.15) is 6.10 Å². The number of ether oxygens (including phenoxy) is 1. The number of piperidine rings is 3. The fourth-order valence-corrected chi connectivity index (χ4v) is 6.11. The number of hydrogen-bond donors (Lipinski definition) is 0. The Bertz CT molecular complexity index is 864. The van der Waals surface area contributed by atoms with Crippen molar-refractivity contribution in [2.75, 3.05) is 13.2 Å². The standard InChI is InChI=1S/C20H22N2O/c1-3-11-9-22-16-8-13(11)14-10-23-20(18(14)22)17-12-6-4-5-7-15(12)21(2)19(16)17/h3-7,13-14,16,18,20H,8-10H2,1-2H3/b11-3-/t13-,14-,16-,18+,20+/m0/s1. The Hall–Kier alpha value is -1.58. The molecule has 0 N–H and O–H groups in total. The fraction of sp³-hybridized carbons (Fsp3) is 0.500. The van der Waals surface area contributed by atoms with E-state index < -0.39 is 0 Å². The van der Waals surface area contributed by atoms with E-state index in [4.69, 9.17) is 4.74 Å². The van der Waals surface area contributed by atoms with Crippen molar-refractivity contribution >= 4 is 10.9 Å². The van der Waals surface area contributed by atoms with Gasteiger partial charge in [-0.05, 0) is 25.3 Å². The van der Waals surface area contributed by atoms with Crippen LogP contribution in [0.3, 0.4) is 0 Å². The summed E-state index contributed by atoms with van der Waals surface area (Å²) in [6, 6.07) is 10.1. The largest absolute Gasteiger partial charge is 0.371 e. The summed E-state index contributed by atoms with van der Waals surface area (Å²) in [4.78, 5) is 2.76. The highest BCUT2D eigenvalue weighted by atomic mass is 16.5. The first kappa shape index (κ1) is 12.8. The van der Waals surface area contributed by atoms with Gasteiger partial charge in [0.2, 0.25) is 0 Å². The molecule has 3 heteroatoms. The van der Waals surface area contributed by atoms with Gasteiger partial charge < -0.3 is 9.30 Å². The van der Waals surface area contributed by atoms with Crippen LogP contribution in [0.5, 0.6) is 0 Å². The van der Waals surface area contributed by atoms with Crippen LogP contribution in [0.15, 0.2) is 35.9 Å². The third-order valence-corrected chi connectivity index (χ3v) is 7.00. The summed E-state index contributed by atoms with van der Waals surface area (Å²) < 4.78 is 8.87. The van der Waals surface area contributed by atoms with Crippen molar-refractivity contribution in [1.82, 2.24) is 9.47 Å². The van der Waals surface area contributed by atoms with Crippen LogP contribution in [-0.2, 0) is 11.8 Å². The molecule has 118 valence electrons. The molecule has 23 heavy (non-hydrogen) atoms. The molecule has 1 aromatic carbocycles. The van der Waals surface area contributed by atoms with Crippen LogP contribution >= 0.6 is 0 Å². The lowest BCUT2D eigenvalue weighted by atomic mass is 9.64. The Balaban J connectivity index is 1.66. The highest BCUT2D eigenvalue weighted by Gasteiger charge is 2.60. The van der Waals surface area contributed by atoms with Crippen LogP contribution in [-0.4, -0.2) is 28.7 Å². The number of nitrogens with zero attached hydrogens (tertiary/aromatic N) is 2. The van der Waals surface area contributed by atoms with Gasteiger partial charge in [0.15, 0.2) is 0 Å². The second-order valence-electron chi connectivity index (χ2n) is 7.68. The maximum absolute atomic E-state index is 6.43.